The topological polar surface area (TPSA) is 90.3 Å². The van der Waals surface area contributed by atoms with E-state index in [2.05, 4.69) is 27.5 Å². The van der Waals surface area contributed by atoms with E-state index >= 15 is 0 Å². The molecule has 6 nitrogen and oxygen atoms in total. The Kier molecular flexibility index (Phi) is 5.98. The van der Waals surface area contributed by atoms with Gasteiger partial charge in [-0.2, -0.15) is 0 Å². The summed E-state index contributed by atoms with van der Waals surface area (Å²) in [5, 5.41) is 25.2. The van der Waals surface area contributed by atoms with Crippen LogP contribution in [0.15, 0.2) is 6.33 Å². The standard InChI is InChI=1S/C13H24N4O2/c1-4-6-10-11(14-3)15-9-16-12(10)17-13(5-2,7-18)8-19/h9,18-19H,4-8H2,1-3H3,(H2,14,15,16,17). The molecule has 1 aromatic rings. The number of anilines is 2. The van der Waals surface area contributed by atoms with Crippen LogP contribution in [0.4, 0.5) is 11.6 Å². The third-order valence-corrected chi connectivity index (χ3v) is 3.35. The minimum atomic E-state index is -0.748. The number of nitrogens with zero attached hydrogens (tertiary/aromatic N) is 2. The van der Waals surface area contributed by atoms with E-state index in [0.29, 0.717) is 12.2 Å². The van der Waals surface area contributed by atoms with Gasteiger partial charge in [-0.1, -0.05) is 20.3 Å². The maximum Gasteiger partial charge on any atom is 0.135 e. The van der Waals surface area contributed by atoms with Crippen molar-refractivity contribution in [1.29, 1.82) is 0 Å². The molecule has 1 aromatic heterocycles. The molecule has 108 valence electrons. The van der Waals surface area contributed by atoms with Crippen molar-refractivity contribution in [2.75, 3.05) is 30.9 Å². The van der Waals surface area contributed by atoms with Crippen molar-refractivity contribution in [1.82, 2.24) is 9.97 Å². The van der Waals surface area contributed by atoms with Gasteiger partial charge in [0, 0.05) is 12.6 Å². The van der Waals surface area contributed by atoms with Crippen molar-refractivity contribution < 1.29 is 10.2 Å². The molecule has 0 saturated carbocycles. The average molecular weight is 268 g/mol. The first-order valence-corrected chi connectivity index (χ1v) is 6.67. The summed E-state index contributed by atoms with van der Waals surface area (Å²) in [6, 6.07) is 0. The average Bonchev–Trinajstić information content (AvgIpc) is 2.46. The molecule has 1 rings (SSSR count). The zero-order chi connectivity index (χ0) is 14.3. The van der Waals surface area contributed by atoms with Gasteiger partial charge in [-0.05, 0) is 12.8 Å². The molecular formula is C13H24N4O2. The third-order valence-electron chi connectivity index (χ3n) is 3.35. The highest BCUT2D eigenvalue weighted by Gasteiger charge is 2.28. The first-order valence-electron chi connectivity index (χ1n) is 6.67. The van der Waals surface area contributed by atoms with Gasteiger partial charge in [0.2, 0.25) is 0 Å². The lowest BCUT2D eigenvalue weighted by molar-refractivity contribution is 0.132. The van der Waals surface area contributed by atoms with E-state index in [1.165, 1.54) is 6.33 Å². The van der Waals surface area contributed by atoms with Crippen molar-refractivity contribution in [3.8, 4) is 0 Å². The van der Waals surface area contributed by atoms with E-state index in [-0.39, 0.29) is 13.2 Å². The molecule has 0 aromatic carbocycles. The normalized spacial score (nSPS) is 11.4. The molecule has 6 heteroatoms. The summed E-state index contributed by atoms with van der Waals surface area (Å²) in [6.07, 6.45) is 3.87. The van der Waals surface area contributed by atoms with Gasteiger partial charge in [-0.25, -0.2) is 9.97 Å². The lowest BCUT2D eigenvalue weighted by Crippen LogP contribution is -2.45. The van der Waals surface area contributed by atoms with Crippen molar-refractivity contribution >= 4 is 11.6 Å². The molecule has 0 saturated heterocycles. The molecule has 0 aliphatic carbocycles. The summed E-state index contributed by atoms with van der Waals surface area (Å²) in [4.78, 5) is 8.45. The van der Waals surface area contributed by atoms with Crippen molar-refractivity contribution in [3.63, 3.8) is 0 Å². The number of rotatable bonds is 8. The second-order valence-electron chi connectivity index (χ2n) is 4.62. The predicted octanol–water partition coefficient (Wildman–Crippen LogP) is 1.02. The van der Waals surface area contributed by atoms with Crippen LogP contribution in [0.1, 0.15) is 32.3 Å². The van der Waals surface area contributed by atoms with Gasteiger partial charge in [-0.15, -0.1) is 0 Å². The van der Waals surface area contributed by atoms with E-state index < -0.39 is 5.54 Å². The van der Waals surface area contributed by atoms with Gasteiger partial charge < -0.3 is 20.8 Å². The number of hydrogen-bond acceptors (Lipinski definition) is 6. The molecule has 0 bridgehead atoms. The third kappa shape index (κ3) is 3.54. The molecule has 0 radical (unpaired) electrons. The number of aromatic nitrogens is 2. The van der Waals surface area contributed by atoms with Crippen molar-refractivity contribution in [3.05, 3.63) is 11.9 Å². The van der Waals surface area contributed by atoms with Crippen LogP contribution >= 0.6 is 0 Å². The van der Waals surface area contributed by atoms with E-state index in [9.17, 15) is 10.2 Å². The fraction of sp³-hybridized carbons (Fsp3) is 0.692. The van der Waals surface area contributed by atoms with E-state index in [1.54, 1.807) is 0 Å². The zero-order valence-electron chi connectivity index (χ0n) is 11.9. The van der Waals surface area contributed by atoms with Gasteiger partial charge in [0.1, 0.15) is 18.0 Å². The molecule has 0 fully saturated rings. The first-order chi connectivity index (χ1) is 9.16. The van der Waals surface area contributed by atoms with Crippen LogP contribution in [0.5, 0.6) is 0 Å². The molecule has 0 unspecified atom stereocenters. The second-order valence-corrected chi connectivity index (χ2v) is 4.62. The maximum absolute atomic E-state index is 9.50. The molecule has 0 amide bonds. The smallest absolute Gasteiger partial charge is 0.135 e. The van der Waals surface area contributed by atoms with E-state index in [4.69, 9.17) is 0 Å². The van der Waals surface area contributed by atoms with Crippen LogP contribution in [0.3, 0.4) is 0 Å². The van der Waals surface area contributed by atoms with Crippen LogP contribution < -0.4 is 10.6 Å². The minimum Gasteiger partial charge on any atom is -0.394 e. The Morgan fingerprint density at radius 2 is 1.79 bits per heavy atom. The number of aliphatic hydroxyl groups is 2. The van der Waals surface area contributed by atoms with E-state index in [0.717, 1.165) is 24.2 Å². The largest absolute Gasteiger partial charge is 0.394 e. The molecular weight excluding hydrogens is 244 g/mol. The fourth-order valence-corrected chi connectivity index (χ4v) is 1.91. The Morgan fingerprint density at radius 3 is 2.26 bits per heavy atom. The van der Waals surface area contributed by atoms with Crippen molar-refractivity contribution in [2.45, 2.75) is 38.6 Å². The summed E-state index contributed by atoms with van der Waals surface area (Å²) >= 11 is 0. The lowest BCUT2D eigenvalue weighted by atomic mass is 9.98. The van der Waals surface area contributed by atoms with Crippen LogP contribution in [0, 0.1) is 0 Å². The summed E-state index contributed by atoms with van der Waals surface area (Å²) in [6.45, 7) is 3.70. The molecule has 1 heterocycles. The fourth-order valence-electron chi connectivity index (χ4n) is 1.91. The predicted molar refractivity (Wildman–Crippen MR) is 76.4 cm³/mol. The Bertz CT molecular complexity index is 386. The second kappa shape index (κ2) is 7.25. The monoisotopic (exact) mass is 268 g/mol. The molecule has 0 spiro atoms. The molecule has 19 heavy (non-hydrogen) atoms. The Labute approximate surface area is 114 Å². The van der Waals surface area contributed by atoms with Gasteiger partial charge >= 0.3 is 0 Å². The minimum absolute atomic E-state index is 0.148. The summed E-state index contributed by atoms with van der Waals surface area (Å²) in [7, 11) is 1.82. The van der Waals surface area contributed by atoms with Gasteiger partial charge in [-0.3, -0.25) is 0 Å². The summed E-state index contributed by atoms with van der Waals surface area (Å²) < 4.78 is 0. The molecule has 0 atom stereocenters. The first kappa shape index (κ1) is 15.7. The number of hydrogen-bond donors (Lipinski definition) is 4. The number of nitrogens with one attached hydrogen (secondary N) is 2. The van der Waals surface area contributed by atoms with E-state index in [1.807, 2.05) is 14.0 Å². The van der Waals surface area contributed by atoms with Gasteiger partial charge in [0.25, 0.3) is 0 Å². The Balaban J connectivity index is 3.11. The summed E-state index contributed by atoms with van der Waals surface area (Å²) in [5.41, 5.74) is 0.231. The van der Waals surface area contributed by atoms with Crippen LogP contribution in [0.25, 0.3) is 0 Å². The van der Waals surface area contributed by atoms with Gasteiger partial charge in [0.05, 0.1) is 18.8 Å². The van der Waals surface area contributed by atoms with Crippen LogP contribution in [0.2, 0.25) is 0 Å². The molecule has 0 aliphatic heterocycles. The van der Waals surface area contributed by atoms with Crippen LogP contribution in [-0.2, 0) is 6.42 Å². The highest BCUT2D eigenvalue weighted by Crippen LogP contribution is 2.25. The summed E-state index contributed by atoms with van der Waals surface area (Å²) in [5.74, 6) is 1.45. The number of aliphatic hydroxyl groups excluding tert-OH is 2. The highest BCUT2D eigenvalue weighted by molar-refractivity contribution is 5.58. The quantitative estimate of drug-likeness (QED) is 0.563. The highest BCUT2D eigenvalue weighted by atomic mass is 16.3. The molecule has 0 aliphatic rings. The zero-order valence-corrected chi connectivity index (χ0v) is 11.9. The van der Waals surface area contributed by atoms with Crippen molar-refractivity contribution in [2.24, 2.45) is 0 Å². The Hall–Kier alpha value is -1.40. The SMILES string of the molecule is CCCc1c(NC)ncnc1NC(CC)(CO)CO. The maximum atomic E-state index is 9.50. The Morgan fingerprint density at radius 1 is 1.16 bits per heavy atom. The van der Waals surface area contributed by atoms with Crippen LogP contribution in [-0.4, -0.2) is 46.0 Å². The molecule has 4 N–H and O–H groups in total. The van der Waals surface area contributed by atoms with Gasteiger partial charge in [0.15, 0.2) is 0 Å². The lowest BCUT2D eigenvalue weighted by Gasteiger charge is -2.31.